The Hall–Kier alpha value is -7.04. The lowest BCUT2D eigenvalue weighted by Crippen LogP contribution is -2.38. The second-order valence-corrected chi connectivity index (χ2v) is 17.7. The van der Waals surface area contributed by atoms with Crippen LogP contribution in [0.25, 0.3) is 78.0 Å². The van der Waals surface area contributed by atoms with Crippen LogP contribution in [0.4, 0.5) is 0 Å². The molecule has 61 heavy (non-hydrogen) atoms. The number of aryl methyl sites for hydroxylation is 1. The van der Waals surface area contributed by atoms with Crippen LogP contribution in [0.3, 0.4) is 0 Å². The van der Waals surface area contributed by atoms with Crippen molar-refractivity contribution < 1.29 is 8.98 Å². The lowest BCUT2D eigenvalue weighted by atomic mass is 9.78. The summed E-state index contributed by atoms with van der Waals surface area (Å²) in [6, 6.07) is 57.4. The van der Waals surface area contributed by atoms with Crippen LogP contribution in [-0.2, 0) is 11.8 Å². The van der Waals surface area contributed by atoms with Crippen molar-refractivity contribution in [2.24, 2.45) is 4.99 Å². The molecule has 4 heterocycles. The lowest BCUT2D eigenvalue weighted by Gasteiger charge is -2.32. The summed E-state index contributed by atoms with van der Waals surface area (Å²) in [5.41, 5.74) is 17.7. The van der Waals surface area contributed by atoms with E-state index >= 15 is 0 Å². The number of aromatic nitrogens is 2. The second-order valence-electron chi connectivity index (χ2n) is 17.7. The van der Waals surface area contributed by atoms with Crippen LogP contribution in [0.5, 0.6) is 0 Å². The molecule has 2 atom stereocenters. The van der Waals surface area contributed by atoms with Crippen LogP contribution in [0.15, 0.2) is 186 Å². The first-order valence-corrected chi connectivity index (χ1v) is 21.5. The Bertz CT molecular complexity index is 3190. The molecule has 7 aromatic carbocycles. The molecule has 9 aromatic rings. The van der Waals surface area contributed by atoms with Crippen molar-refractivity contribution in [3.8, 4) is 39.3 Å². The van der Waals surface area contributed by atoms with Gasteiger partial charge >= 0.3 is 5.82 Å². The van der Waals surface area contributed by atoms with Crippen molar-refractivity contribution in [1.29, 1.82) is 0 Å². The van der Waals surface area contributed by atoms with Crippen molar-refractivity contribution in [3.05, 3.63) is 199 Å². The monoisotopic (exact) mass is 790 g/mol. The summed E-state index contributed by atoms with van der Waals surface area (Å²) >= 11 is 0. The molecule has 0 fully saturated rings. The van der Waals surface area contributed by atoms with Crippen molar-refractivity contribution in [3.63, 3.8) is 0 Å². The highest BCUT2D eigenvalue weighted by molar-refractivity contribution is 6.11. The highest BCUT2D eigenvalue weighted by atomic mass is 16.3. The minimum absolute atomic E-state index is 0.0137. The van der Waals surface area contributed by atoms with Crippen LogP contribution in [0.2, 0.25) is 0 Å². The summed E-state index contributed by atoms with van der Waals surface area (Å²) in [7, 11) is 0. The summed E-state index contributed by atoms with van der Waals surface area (Å²) in [5, 5.41) is 2.22. The molecule has 0 saturated carbocycles. The molecular weight excluding hydrogens is 743 g/mol. The van der Waals surface area contributed by atoms with Crippen molar-refractivity contribution in [2.75, 3.05) is 0 Å². The summed E-state index contributed by atoms with van der Waals surface area (Å²) < 4.78 is 12.1. The normalized spacial score (nSPS) is 16.4. The van der Waals surface area contributed by atoms with Gasteiger partial charge in [-0.15, -0.1) is 0 Å². The van der Waals surface area contributed by atoms with E-state index in [4.69, 9.17) is 16.0 Å². The third-order valence-corrected chi connectivity index (χ3v) is 13.1. The number of hydrogen-bond donors (Lipinski definition) is 0. The molecule has 296 valence electrons. The number of para-hydroxylation sites is 3. The maximum Gasteiger partial charge on any atom is 0.304 e. The third kappa shape index (κ3) is 5.96. The average Bonchev–Trinajstić information content (AvgIpc) is 3.84. The van der Waals surface area contributed by atoms with Gasteiger partial charge in [-0.2, -0.15) is 9.13 Å². The third-order valence-electron chi connectivity index (χ3n) is 13.1. The van der Waals surface area contributed by atoms with E-state index < -0.39 is 0 Å². The maximum absolute atomic E-state index is 7.09. The largest absolute Gasteiger partial charge is 0.455 e. The van der Waals surface area contributed by atoms with E-state index in [0.717, 1.165) is 85.4 Å². The Morgan fingerprint density at radius 3 is 2.10 bits per heavy atom. The predicted molar refractivity (Wildman–Crippen MR) is 254 cm³/mol. The van der Waals surface area contributed by atoms with E-state index in [1.165, 1.54) is 33.4 Å². The van der Waals surface area contributed by atoms with Gasteiger partial charge in [0.1, 0.15) is 22.5 Å². The number of allylic oxidation sites excluding steroid dienone is 1. The number of aliphatic imine (C=N–C) groups is 1. The van der Waals surface area contributed by atoms with Crippen LogP contribution < -0.4 is 4.57 Å². The fraction of sp³-hybridized carbons (Fsp3) is 0.158. The minimum atomic E-state index is -0.106. The lowest BCUT2D eigenvalue weighted by molar-refractivity contribution is -0.542. The molecule has 2 aliphatic heterocycles. The van der Waals surface area contributed by atoms with Gasteiger partial charge in [-0.25, -0.2) is 0 Å². The zero-order chi connectivity index (χ0) is 41.4. The topological polar surface area (TPSA) is 34.3 Å². The van der Waals surface area contributed by atoms with E-state index in [9.17, 15) is 0 Å². The van der Waals surface area contributed by atoms with Gasteiger partial charge in [0.15, 0.2) is 16.6 Å². The Morgan fingerprint density at radius 1 is 0.721 bits per heavy atom. The van der Waals surface area contributed by atoms with E-state index in [1.807, 2.05) is 6.08 Å². The average molecular weight is 791 g/mol. The molecule has 2 aliphatic rings. The molecule has 11 rings (SSSR count). The molecule has 0 bridgehead atoms. The van der Waals surface area contributed by atoms with Crippen molar-refractivity contribution in [2.45, 2.75) is 57.4 Å². The van der Waals surface area contributed by atoms with Crippen molar-refractivity contribution in [1.82, 2.24) is 4.57 Å². The van der Waals surface area contributed by atoms with Gasteiger partial charge < -0.3 is 4.42 Å². The summed E-state index contributed by atoms with van der Waals surface area (Å²) in [4.78, 5) is 5.48. The standard InChI is InChI=1S/C57H48N3O/c1-6-48-42-24-14-13-23-41(42)43-31-29-39-30-32-45-44-25-15-18-28-52(44)61-55(45)53(39)56-59(36(2)33-49(43)58-48)50-26-16-17-27-51(50)60(56)54-46(37-19-9-7-10-20-37)34-40(57(3,4)5)35-47(54)38-21-11-8-12-22-38/h6-28,30,32,34-35,43,49H,1-2,29,31,33H2,3-5H3/q+1. The Balaban J connectivity index is 1.32. The van der Waals surface area contributed by atoms with Crippen LogP contribution in [0.1, 0.15) is 61.8 Å². The number of furan rings is 1. The highest BCUT2D eigenvalue weighted by Gasteiger charge is 2.40. The van der Waals surface area contributed by atoms with Crippen molar-refractivity contribution >= 4 is 44.4 Å². The van der Waals surface area contributed by atoms with E-state index in [2.05, 4.69) is 194 Å². The fourth-order valence-electron chi connectivity index (χ4n) is 10.1. The van der Waals surface area contributed by atoms with Crippen LogP contribution in [-0.4, -0.2) is 16.3 Å². The molecule has 4 heteroatoms. The highest BCUT2D eigenvalue weighted by Crippen LogP contribution is 2.47. The van der Waals surface area contributed by atoms with E-state index in [1.54, 1.807) is 0 Å². The molecule has 4 nitrogen and oxygen atoms in total. The van der Waals surface area contributed by atoms with Gasteiger partial charge in [-0.05, 0) is 82.5 Å². The fourth-order valence-corrected chi connectivity index (χ4v) is 10.1. The van der Waals surface area contributed by atoms with Crippen LogP contribution in [0, 0.1) is 0 Å². The number of hydrogen-bond acceptors (Lipinski definition) is 2. The quantitative estimate of drug-likeness (QED) is 0.164. The molecule has 0 spiro atoms. The summed E-state index contributed by atoms with van der Waals surface area (Å²) in [6.45, 7) is 16.2. The molecule has 0 saturated heterocycles. The van der Waals surface area contributed by atoms with E-state index in [0.29, 0.717) is 6.42 Å². The van der Waals surface area contributed by atoms with E-state index in [-0.39, 0.29) is 17.4 Å². The first kappa shape index (κ1) is 37.0. The minimum Gasteiger partial charge on any atom is -0.455 e. The Kier molecular flexibility index (Phi) is 8.68. The van der Waals surface area contributed by atoms with Gasteiger partial charge in [0, 0.05) is 39.8 Å². The van der Waals surface area contributed by atoms with Gasteiger partial charge in [0.05, 0.1) is 11.8 Å². The van der Waals surface area contributed by atoms with Gasteiger partial charge in [0.25, 0.3) is 0 Å². The molecular formula is C57H48N3O+. The first-order valence-electron chi connectivity index (χ1n) is 21.5. The summed E-state index contributed by atoms with van der Waals surface area (Å²) in [6.07, 6.45) is 4.36. The number of fused-ring (bicyclic) bond motifs is 12. The van der Waals surface area contributed by atoms with Gasteiger partial charge in [-0.1, -0.05) is 161 Å². The number of imidazole rings is 1. The second kappa shape index (κ2) is 14.3. The van der Waals surface area contributed by atoms with Gasteiger partial charge in [0.2, 0.25) is 0 Å². The molecule has 0 N–H and O–H groups in total. The molecule has 0 radical (unpaired) electrons. The summed E-state index contributed by atoms with van der Waals surface area (Å²) in [5.74, 6) is 1.23. The SMILES string of the molecule is C=CC1=NC2CC(=C)[n+]3c(n(-c4c(-c5ccccc5)cc(C(C)(C)C)cc4-c4ccccc4)c4ccccc43)-c3c(ccc4c3oc3ccccc34)CCC2c2ccccc21. The predicted octanol–water partition coefficient (Wildman–Crippen LogP) is 14.1. The molecule has 0 amide bonds. The molecule has 2 aromatic heterocycles. The zero-order valence-electron chi connectivity index (χ0n) is 35.0. The maximum atomic E-state index is 7.09. The Morgan fingerprint density at radius 2 is 1.38 bits per heavy atom. The number of benzene rings is 7. The number of rotatable bonds is 4. The zero-order valence-corrected chi connectivity index (χ0v) is 35.0. The Labute approximate surface area is 357 Å². The van der Waals surface area contributed by atoms with Crippen LogP contribution >= 0.6 is 0 Å². The van der Waals surface area contributed by atoms with Gasteiger partial charge in [-0.3, -0.25) is 4.99 Å². The smallest absolute Gasteiger partial charge is 0.304 e. The number of nitrogens with zero attached hydrogens (tertiary/aromatic N) is 3. The molecule has 2 unspecified atom stereocenters. The molecule has 0 aliphatic carbocycles. The first-order chi connectivity index (χ1) is 29.8.